The van der Waals surface area contributed by atoms with E-state index in [1.165, 1.54) is 6.07 Å². The van der Waals surface area contributed by atoms with Crippen LogP contribution in [0.15, 0.2) is 42.7 Å². The second-order valence-corrected chi connectivity index (χ2v) is 6.92. The molecule has 27 heavy (non-hydrogen) atoms. The summed E-state index contributed by atoms with van der Waals surface area (Å²) < 4.78 is 40.4. The number of halogens is 4. The topological polar surface area (TPSA) is 36.7 Å². The smallest absolute Gasteiger partial charge is 0.354 e. The van der Waals surface area contributed by atoms with Gasteiger partial charge in [0.15, 0.2) is 0 Å². The molecule has 0 bridgehead atoms. The molecule has 0 saturated carbocycles. The van der Waals surface area contributed by atoms with Gasteiger partial charge in [0, 0.05) is 45.1 Å². The van der Waals surface area contributed by atoms with Crippen molar-refractivity contribution in [2.75, 3.05) is 31.1 Å². The second kappa shape index (κ2) is 7.01. The van der Waals surface area contributed by atoms with Crippen LogP contribution in [0.5, 0.6) is 0 Å². The van der Waals surface area contributed by atoms with E-state index in [9.17, 15) is 13.2 Å². The maximum absolute atomic E-state index is 12.8. The van der Waals surface area contributed by atoms with E-state index in [4.69, 9.17) is 11.6 Å². The summed E-state index contributed by atoms with van der Waals surface area (Å²) in [6.45, 7) is 3.38. The van der Waals surface area contributed by atoms with E-state index in [1.54, 1.807) is 12.1 Å². The van der Waals surface area contributed by atoms with Gasteiger partial charge in [-0.2, -0.15) is 13.2 Å². The Kier molecular flexibility index (Phi) is 4.69. The van der Waals surface area contributed by atoms with E-state index in [0.29, 0.717) is 30.5 Å². The summed E-state index contributed by atoms with van der Waals surface area (Å²) in [6.07, 6.45) is -0.670. The summed E-state index contributed by atoms with van der Waals surface area (Å²) >= 11 is 5.99. The average Bonchev–Trinajstić information content (AvgIpc) is 3.03. The minimum absolute atomic E-state index is 0.367. The molecular weight excluding hydrogens is 379 g/mol. The van der Waals surface area contributed by atoms with Crippen molar-refractivity contribution in [1.29, 1.82) is 0 Å². The molecule has 0 atom stereocenters. The van der Waals surface area contributed by atoms with Gasteiger partial charge in [0.1, 0.15) is 17.2 Å². The van der Waals surface area contributed by atoms with Crippen LogP contribution in [-0.4, -0.2) is 45.4 Å². The Bertz CT molecular complexity index is 948. The van der Waals surface area contributed by atoms with Gasteiger partial charge in [0.25, 0.3) is 0 Å². The average molecular weight is 396 g/mol. The number of nitrogens with zero attached hydrogens (tertiary/aromatic N) is 5. The number of imidazole rings is 1. The first-order valence-corrected chi connectivity index (χ1v) is 8.91. The van der Waals surface area contributed by atoms with Crippen LogP contribution in [0.2, 0.25) is 5.02 Å². The number of aromatic nitrogens is 3. The van der Waals surface area contributed by atoms with E-state index in [0.717, 1.165) is 30.5 Å². The fourth-order valence-electron chi connectivity index (χ4n) is 3.21. The number of alkyl halides is 3. The number of pyridine rings is 2. The number of anilines is 1. The first-order valence-electron chi connectivity index (χ1n) is 8.53. The molecule has 1 aliphatic heterocycles. The molecule has 4 heterocycles. The van der Waals surface area contributed by atoms with Crippen LogP contribution in [-0.2, 0) is 12.7 Å². The van der Waals surface area contributed by atoms with E-state index in [1.807, 2.05) is 27.8 Å². The van der Waals surface area contributed by atoms with Crippen molar-refractivity contribution in [2.24, 2.45) is 0 Å². The Morgan fingerprint density at radius 2 is 1.74 bits per heavy atom. The highest BCUT2D eigenvalue weighted by Gasteiger charge is 2.33. The van der Waals surface area contributed by atoms with E-state index in [2.05, 4.69) is 14.9 Å². The molecule has 5 nitrogen and oxygen atoms in total. The summed E-state index contributed by atoms with van der Waals surface area (Å²) in [4.78, 5) is 12.5. The lowest BCUT2D eigenvalue weighted by molar-refractivity contribution is -0.141. The van der Waals surface area contributed by atoms with E-state index < -0.39 is 11.9 Å². The van der Waals surface area contributed by atoms with Crippen molar-refractivity contribution >= 4 is 23.1 Å². The van der Waals surface area contributed by atoms with Gasteiger partial charge in [-0.05, 0) is 24.3 Å². The third-order valence-electron chi connectivity index (χ3n) is 4.57. The van der Waals surface area contributed by atoms with Gasteiger partial charge >= 0.3 is 6.18 Å². The predicted octanol–water partition coefficient (Wildman–Crippen LogP) is 3.72. The normalized spacial score (nSPS) is 16.2. The quantitative estimate of drug-likeness (QED) is 0.677. The number of hydrogen-bond acceptors (Lipinski definition) is 4. The van der Waals surface area contributed by atoms with Crippen molar-refractivity contribution in [3.8, 4) is 0 Å². The minimum Gasteiger partial charge on any atom is -0.354 e. The molecule has 1 saturated heterocycles. The summed E-state index contributed by atoms with van der Waals surface area (Å²) in [5.74, 6) is 0.367. The monoisotopic (exact) mass is 395 g/mol. The van der Waals surface area contributed by atoms with Crippen LogP contribution in [0.3, 0.4) is 0 Å². The van der Waals surface area contributed by atoms with Crippen LogP contribution in [0.4, 0.5) is 19.0 Å². The Morgan fingerprint density at radius 1 is 0.963 bits per heavy atom. The maximum Gasteiger partial charge on any atom is 0.433 e. The van der Waals surface area contributed by atoms with Crippen molar-refractivity contribution in [1.82, 2.24) is 19.3 Å². The van der Waals surface area contributed by atoms with Gasteiger partial charge in [-0.15, -0.1) is 0 Å². The molecule has 3 aromatic rings. The molecule has 9 heteroatoms. The molecule has 0 aliphatic carbocycles. The van der Waals surface area contributed by atoms with Crippen LogP contribution < -0.4 is 4.90 Å². The molecule has 142 valence electrons. The van der Waals surface area contributed by atoms with Crippen LogP contribution in [0, 0.1) is 0 Å². The highest BCUT2D eigenvalue weighted by atomic mass is 35.5. The summed E-state index contributed by atoms with van der Waals surface area (Å²) in [6, 6.07) is 7.68. The lowest BCUT2D eigenvalue weighted by Crippen LogP contribution is -2.46. The van der Waals surface area contributed by atoms with Crippen LogP contribution >= 0.6 is 11.6 Å². The zero-order valence-electron chi connectivity index (χ0n) is 14.3. The molecule has 1 aliphatic rings. The third kappa shape index (κ3) is 4.01. The van der Waals surface area contributed by atoms with E-state index in [-0.39, 0.29) is 0 Å². The maximum atomic E-state index is 12.8. The number of hydrogen-bond donors (Lipinski definition) is 0. The lowest BCUT2D eigenvalue weighted by atomic mass is 10.2. The van der Waals surface area contributed by atoms with Gasteiger partial charge in [0.05, 0.1) is 10.7 Å². The Labute approximate surface area is 159 Å². The highest BCUT2D eigenvalue weighted by molar-refractivity contribution is 6.30. The van der Waals surface area contributed by atoms with Gasteiger partial charge < -0.3 is 9.30 Å². The zero-order chi connectivity index (χ0) is 19.0. The first kappa shape index (κ1) is 18.1. The largest absolute Gasteiger partial charge is 0.433 e. The molecule has 4 rings (SSSR count). The zero-order valence-corrected chi connectivity index (χ0v) is 15.1. The lowest BCUT2D eigenvalue weighted by Gasteiger charge is -2.35. The third-order valence-corrected chi connectivity index (χ3v) is 4.80. The molecule has 3 aromatic heterocycles. The fourth-order valence-corrected chi connectivity index (χ4v) is 3.38. The molecular formula is C18H17ClF3N5. The van der Waals surface area contributed by atoms with Gasteiger partial charge in [-0.1, -0.05) is 17.7 Å². The summed E-state index contributed by atoms with van der Waals surface area (Å²) in [7, 11) is 0. The number of piperazine rings is 1. The summed E-state index contributed by atoms with van der Waals surface area (Å²) in [5, 5.41) is 0.647. The summed E-state index contributed by atoms with van der Waals surface area (Å²) in [5.41, 5.74) is 0.912. The van der Waals surface area contributed by atoms with E-state index >= 15 is 0 Å². The number of fused-ring (bicyclic) bond motifs is 1. The van der Waals surface area contributed by atoms with Crippen molar-refractivity contribution in [3.63, 3.8) is 0 Å². The van der Waals surface area contributed by atoms with Crippen LogP contribution in [0.1, 0.15) is 11.4 Å². The molecule has 0 spiro atoms. The molecule has 0 amide bonds. The fraction of sp³-hybridized carbons (Fsp3) is 0.333. The molecule has 0 unspecified atom stereocenters. The Morgan fingerprint density at radius 3 is 2.48 bits per heavy atom. The molecule has 0 radical (unpaired) electrons. The first-order chi connectivity index (χ1) is 12.9. The van der Waals surface area contributed by atoms with Crippen molar-refractivity contribution < 1.29 is 13.2 Å². The second-order valence-electron chi connectivity index (χ2n) is 6.49. The van der Waals surface area contributed by atoms with Gasteiger partial charge in [-0.3, -0.25) is 4.90 Å². The van der Waals surface area contributed by atoms with Gasteiger partial charge in [0.2, 0.25) is 0 Å². The number of rotatable bonds is 3. The minimum atomic E-state index is -4.43. The standard InChI is InChI=1S/C18H17ClF3N5/c19-13-4-5-17-23-14(12-27(17)10-13)11-25-6-8-26(9-7-25)16-3-1-2-15(24-16)18(20,21)22/h1-5,10,12H,6-9,11H2. The Hall–Kier alpha value is -2.32. The SMILES string of the molecule is FC(F)(F)c1cccc(N2CCN(Cc3cn4cc(Cl)ccc4n3)CC2)n1. The van der Waals surface area contributed by atoms with Gasteiger partial charge in [-0.25, -0.2) is 9.97 Å². The molecule has 0 aromatic carbocycles. The highest BCUT2D eigenvalue weighted by Crippen LogP contribution is 2.29. The van der Waals surface area contributed by atoms with Crippen molar-refractivity contribution in [2.45, 2.75) is 12.7 Å². The Balaban J connectivity index is 1.40. The predicted molar refractivity (Wildman–Crippen MR) is 96.9 cm³/mol. The molecule has 1 fully saturated rings. The van der Waals surface area contributed by atoms with Crippen LogP contribution in [0.25, 0.3) is 5.65 Å². The molecule has 0 N–H and O–H groups in total. The van der Waals surface area contributed by atoms with Crippen molar-refractivity contribution in [3.05, 3.63) is 59.1 Å².